The molecule has 0 unspecified atom stereocenters. The summed E-state index contributed by atoms with van der Waals surface area (Å²) in [5, 5.41) is 7.75. The zero-order valence-corrected chi connectivity index (χ0v) is 21.0. The molecule has 10 heteroatoms. The molecule has 0 aromatic heterocycles. The Bertz CT molecular complexity index is 403. The molecule has 27 heavy (non-hydrogen) atoms. The standard InChI is InChI=1S/C10H15.C3H5O.C3H9P.CHF3O3S.Ir/c1-6-7(2)9(4)10(5)8(6)3;1-3(2)4;1-4(2)3;2-1(3,4)8(5,6)7;/h1-5H3;4H,1-2H2;1-3H3;(H,5,6,7);/q;;;;+3/p-1. The number of aliphatic hydroxyl groups excluding tert-OH is 1. The van der Waals surface area contributed by atoms with Gasteiger partial charge in [0.15, 0.2) is 10.1 Å². The smallest absolute Gasteiger partial charge is 0.741 e. The summed E-state index contributed by atoms with van der Waals surface area (Å²) in [4.78, 5) is 0. The summed E-state index contributed by atoms with van der Waals surface area (Å²) in [6.45, 7) is 23.7. The molecule has 0 spiro atoms. The normalized spacial score (nSPS) is 17.4. The van der Waals surface area contributed by atoms with Gasteiger partial charge in [0.2, 0.25) is 0 Å². The van der Waals surface area contributed by atoms with Crippen molar-refractivity contribution in [3.63, 3.8) is 0 Å². The van der Waals surface area contributed by atoms with Gasteiger partial charge in [-0.1, -0.05) is 34.6 Å². The van der Waals surface area contributed by atoms with Gasteiger partial charge in [-0.15, -0.1) is 7.92 Å². The second kappa shape index (κ2) is 15.6. The Labute approximate surface area is 178 Å². The van der Waals surface area contributed by atoms with Gasteiger partial charge in [0.05, 0.1) is 6.10 Å². The average Bonchev–Trinajstić information content (AvgIpc) is 2.54. The Morgan fingerprint density at radius 1 is 0.889 bits per heavy atom. The number of aliphatic hydroxyl groups is 1. The third-order valence-corrected chi connectivity index (χ3v) is 3.66. The molecule has 1 saturated carbocycles. The number of hydrogen-bond acceptors (Lipinski definition) is 4. The van der Waals surface area contributed by atoms with Crippen LogP contribution in [0.2, 0.25) is 0 Å². The molecule has 0 saturated heterocycles. The van der Waals surface area contributed by atoms with Crippen LogP contribution in [-0.4, -0.2) is 43.6 Å². The van der Waals surface area contributed by atoms with Gasteiger partial charge in [-0.2, -0.15) is 13.2 Å². The third-order valence-electron chi connectivity index (χ3n) is 3.10. The molecule has 1 aliphatic rings. The van der Waals surface area contributed by atoms with Gasteiger partial charge in [0.1, 0.15) is 0 Å². The largest absolute Gasteiger partial charge is 3.00 e. The van der Waals surface area contributed by atoms with E-state index in [1.54, 1.807) is 0 Å². The fourth-order valence-corrected chi connectivity index (χ4v) is 1.41. The van der Waals surface area contributed by atoms with Gasteiger partial charge < -0.3 is 9.66 Å². The van der Waals surface area contributed by atoms with Crippen LogP contribution in [0.1, 0.15) is 34.6 Å². The van der Waals surface area contributed by atoms with Gasteiger partial charge in [-0.25, -0.2) is 8.42 Å². The van der Waals surface area contributed by atoms with Gasteiger partial charge in [-0.05, 0) is 63.4 Å². The van der Waals surface area contributed by atoms with Crippen LogP contribution < -0.4 is 0 Å². The van der Waals surface area contributed by atoms with E-state index in [0.717, 1.165) is 0 Å². The van der Waals surface area contributed by atoms with E-state index in [0.29, 0.717) is 7.92 Å². The van der Waals surface area contributed by atoms with Crippen molar-refractivity contribution in [2.75, 3.05) is 20.0 Å². The molecule has 0 aromatic rings. The maximum Gasteiger partial charge on any atom is 3.00 e. The fourth-order valence-electron chi connectivity index (χ4n) is 1.41. The molecule has 0 amide bonds. The van der Waals surface area contributed by atoms with Gasteiger partial charge in [-0.3, -0.25) is 0 Å². The summed E-state index contributed by atoms with van der Waals surface area (Å²) in [6.07, 6.45) is -0.0833. The van der Waals surface area contributed by atoms with Crippen molar-refractivity contribution >= 4 is 18.0 Å². The summed E-state index contributed by atoms with van der Waals surface area (Å²) in [5.41, 5.74) is -5.65. The molecule has 0 heterocycles. The molecule has 0 aliphatic heterocycles. The molecule has 8 radical (unpaired) electrons. The average molecular weight is 610 g/mol. The van der Waals surface area contributed by atoms with Crippen molar-refractivity contribution in [2.45, 2.75) is 40.1 Å². The van der Waals surface area contributed by atoms with E-state index >= 15 is 0 Å². The minimum Gasteiger partial charge on any atom is -0.741 e. The predicted octanol–water partition coefficient (Wildman–Crippen LogP) is 4.94. The summed E-state index contributed by atoms with van der Waals surface area (Å²) < 4.78 is 58.9. The predicted molar refractivity (Wildman–Crippen MR) is 101 cm³/mol. The van der Waals surface area contributed by atoms with E-state index in [4.69, 9.17) is 18.1 Å². The Balaban J connectivity index is -0.000000140. The van der Waals surface area contributed by atoms with E-state index in [2.05, 4.69) is 68.5 Å². The zero-order chi connectivity index (χ0) is 22.0. The summed E-state index contributed by atoms with van der Waals surface area (Å²) >= 11 is 0. The topological polar surface area (TPSA) is 77.4 Å². The maximum atomic E-state index is 10.7. The molecule has 1 fully saturated rings. The molecule has 0 atom stereocenters. The van der Waals surface area contributed by atoms with Crippen LogP contribution in [0.25, 0.3) is 0 Å². The van der Waals surface area contributed by atoms with Crippen LogP contribution in [0.4, 0.5) is 13.2 Å². The van der Waals surface area contributed by atoms with Crippen molar-refractivity contribution in [1.29, 1.82) is 0 Å². The van der Waals surface area contributed by atoms with Gasteiger partial charge in [0.25, 0.3) is 0 Å². The van der Waals surface area contributed by atoms with Crippen molar-refractivity contribution in [3.8, 4) is 0 Å². The first kappa shape index (κ1) is 35.2. The van der Waals surface area contributed by atoms with Crippen molar-refractivity contribution < 1.29 is 51.4 Å². The second-order valence-electron chi connectivity index (χ2n) is 5.93. The molecular weight excluding hydrogens is 580 g/mol. The minimum atomic E-state index is -6.09. The summed E-state index contributed by atoms with van der Waals surface area (Å²) in [6, 6.07) is 0. The molecular formula is C17H29F3IrO4PS+2. The zero-order valence-electron chi connectivity index (χ0n) is 16.9. The number of alkyl halides is 3. The fraction of sp³-hybridized carbons (Fsp3) is 0.529. The van der Waals surface area contributed by atoms with E-state index in [1.807, 2.05) is 0 Å². The Kier molecular flexibility index (Phi) is 20.3. The van der Waals surface area contributed by atoms with Crippen molar-refractivity contribution in [2.24, 2.45) is 0 Å². The molecule has 0 bridgehead atoms. The molecule has 160 valence electrons. The molecule has 1 rings (SSSR count). The van der Waals surface area contributed by atoms with E-state index in [9.17, 15) is 13.2 Å². The summed E-state index contributed by atoms with van der Waals surface area (Å²) in [5.74, 6) is 7.34. The number of rotatable bonds is 0. The molecule has 0 aromatic carbocycles. The Morgan fingerprint density at radius 3 is 1.00 bits per heavy atom. The van der Waals surface area contributed by atoms with E-state index in [-0.39, 0.29) is 26.2 Å². The summed E-state index contributed by atoms with van der Waals surface area (Å²) in [7, 11) is -5.71. The number of hydrogen-bond donors (Lipinski definition) is 1. The van der Waals surface area contributed by atoms with Crippen LogP contribution in [0.15, 0.2) is 0 Å². The monoisotopic (exact) mass is 610 g/mol. The van der Waals surface area contributed by atoms with Crippen LogP contribution in [0.3, 0.4) is 0 Å². The molecule has 1 N–H and O–H groups in total. The van der Waals surface area contributed by atoms with Crippen molar-refractivity contribution in [1.82, 2.24) is 0 Å². The van der Waals surface area contributed by atoms with Crippen LogP contribution >= 0.6 is 7.92 Å². The maximum absolute atomic E-state index is 10.7. The quantitative estimate of drug-likeness (QED) is 0.240. The first-order chi connectivity index (χ1) is 11.3. The van der Waals surface area contributed by atoms with E-state index in [1.165, 1.54) is 29.6 Å². The van der Waals surface area contributed by atoms with Crippen LogP contribution in [0.5, 0.6) is 0 Å². The Hall–Kier alpha value is 0.739. The van der Waals surface area contributed by atoms with Crippen LogP contribution in [0, 0.1) is 49.5 Å². The van der Waals surface area contributed by atoms with Gasteiger partial charge >= 0.3 is 25.6 Å². The number of halogens is 3. The van der Waals surface area contributed by atoms with Crippen LogP contribution in [-0.2, 0) is 30.2 Å². The molecule has 1 aliphatic carbocycles. The Morgan fingerprint density at radius 2 is 0.963 bits per heavy atom. The first-order valence-corrected chi connectivity index (χ1v) is 11.4. The van der Waals surface area contributed by atoms with Crippen molar-refractivity contribution in [3.05, 3.63) is 49.5 Å². The minimum absolute atomic E-state index is 0. The SMILES string of the molecule is CP(C)C.C[C]1[C](C)[C](C)[C](C)[C]1C.O=S(=O)([O-])C(F)(F)F.[CH2][C]([CH2])O.[Ir+3]. The first-order valence-electron chi connectivity index (χ1n) is 7.29. The second-order valence-corrected chi connectivity index (χ2v) is 9.99. The molecule has 4 nitrogen and oxygen atoms in total. The van der Waals surface area contributed by atoms with E-state index < -0.39 is 15.6 Å². The third kappa shape index (κ3) is 18.5. The van der Waals surface area contributed by atoms with Gasteiger partial charge in [0, 0.05) is 0 Å².